The molecule has 1 aliphatic heterocycles. The second-order valence-electron chi connectivity index (χ2n) is 12.0. The zero-order valence-corrected chi connectivity index (χ0v) is 24.9. The topological polar surface area (TPSA) is 109 Å². The lowest BCUT2D eigenvalue weighted by atomic mass is 9.66. The van der Waals surface area contributed by atoms with Gasteiger partial charge in [-0.15, -0.1) is 0 Å². The molecule has 0 radical (unpaired) electrons. The van der Waals surface area contributed by atoms with Gasteiger partial charge in [-0.05, 0) is 62.6 Å². The SMILES string of the molecule is CCCCC1C2CCCCC2(O)CCN1C(=O)CCCCCNC(=O)COc1ccc2c(CCC)cc(=O)oc2c1. The second-order valence-corrected chi connectivity index (χ2v) is 12.0. The van der Waals surface area contributed by atoms with Crippen molar-refractivity contribution in [2.24, 2.45) is 5.92 Å². The van der Waals surface area contributed by atoms with Gasteiger partial charge < -0.3 is 24.5 Å². The van der Waals surface area contributed by atoms with Crippen molar-refractivity contribution in [3.8, 4) is 5.75 Å². The summed E-state index contributed by atoms with van der Waals surface area (Å²) in [5, 5.41) is 15.0. The van der Waals surface area contributed by atoms with Gasteiger partial charge in [0.15, 0.2) is 6.61 Å². The number of hydrogen-bond donors (Lipinski definition) is 2. The maximum Gasteiger partial charge on any atom is 0.336 e. The number of hydrogen-bond acceptors (Lipinski definition) is 6. The molecular weight excluding hydrogens is 520 g/mol. The van der Waals surface area contributed by atoms with E-state index in [-0.39, 0.29) is 36.0 Å². The lowest BCUT2D eigenvalue weighted by Crippen LogP contribution is -2.60. The molecular formula is C33H48N2O6. The Kier molecular flexibility index (Phi) is 11.3. The molecule has 8 heteroatoms. The number of nitrogens with zero attached hydrogens (tertiary/aromatic N) is 1. The number of nitrogens with one attached hydrogen (secondary N) is 1. The van der Waals surface area contributed by atoms with Crippen LogP contribution in [0.25, 0.3) is 11.0 Å². The van der Waals surface area contributed by atoms with Crippen LogP contribution in [0.4, 0.5) is 0 Å². The van der Waals surface area contributed by atoms with Crippen molar-refractivity contribution in [3.63, 3.8) is 0 Å². The third-order valence-corrected chi connectivity index (χ3v) is 8.97. The number of likely N-dealkylation sites (tertiary alicyclic amines) is 1. The van der Waals surface area contributed by atoms with Crippen LogP contribution in [-0.2, 0) is 16.0 Å². The van der Waals surface area contributed by atoms with E-state index in [0.717, 1.165) is 88.0 Å². The molecule has 41 heavy (non-hydrogen) atoms. The summed E-state index contributed by atoms with van der Waals surface area (Å²) in [5.41, 5.74) is 0.441. The highest BCUT2D eigenvalue weighted by atomic mass is 16.5. The molecule has 226 valence electrons. The normalized spacial score (nSPS) is 22.4. The van der Waals surface area contributed by atoms with Crippen molar-refractivity contribution >= 4 is 22.8 Å². The summed E-state index contributed by atoms with van der Waals surface area (Å²) >= 11 is 0. The first-order valence-corrected chi connectivity index (χ1v) is 15.8. The number of unbranched alkanes of at least 4 members (excludes halogenated alkanes) is 3. The predicted molar refractivity (Wildman–Crippen MR) is 160 cm³/mol. The minimum Gasteiger partial charge on any atom is -0.484 e. The Morgan fingerprint density at radius 2 is 1.95 bits per heavy atom. The summed E-state index contributed by atoms with van der Waals surface area (Å²) in [7, 11) is 0. The van der Waals surface area contributed by atoms with Gasteiger partial charge in [-0.25, -0.2) is 4.79 Å². The van der Waals surface area contributed by atoms with E-state index in [0.29, 0.717) is 37.3 Å². The standard InChI is InChI=1S/C33H48N2O6/c1-3-5-13-28-27-12-8-9-17-33(27,39)18-20-35(28)31(37)14-7-6-10-19-34-30(36)23-40-25-15-16-26-24(11-4-2)21-32(38)41-29(26)22-25/h15-16,21-22,27-28,39H,3-14,17-20,23H2,1-2H3,(H,34,36). The Labute approximate surface area is 243 Å². The maximum atomic E-state index is 13.2. The number of piperidine rings is 1. The zero-order valence-electron chi connectivity index (χ0n) is 24.9. The molecule has 0 bridgehead atoms. The molecule has 2 heterocycles. The van der Waals surface area contributed by atoms with Gasteiger partial charge in [0, 0.05) is 49.0 Å². The van der Waals surface area contributed by atoms with Crippen molar-refractivity contribution in [2.75, 3.05) is 19.7 Å². The predicted octanol–water partition coefficient (Wildman–Crippen LogP) is 5.51. The average molecular weight is 569 g/mol. The monoisotopic (exact) mass is 568 g/mol. The largest absolute Gasteiger partial charge is 0.484 e. The van der Waals surface area contributed by atoms with E-state index in [1.165, 1.54) is 6.07 Å². The van der Waals surface area contributed by atoms with Crippen molar-refractivity contribution in [1.82, 2.24) is 10.2 Å². The molecule has 3 atom stereocenters. The molecule has 1 saturated heterocycles. The quantitative estimate of drug-likeness (QED) is 0.230. The fourth-order valence-electron chi connectivity index (χ4n) is 6.81. The number of carbonyl (C=O) groups is 2. The van der Waals surface area contributed by atoms with E-state index in [1.807, 2.05) is 6.07 Å². The number of benzene rings is 1. The van der Waals surface area contributed by atoms with Gasteiger partial charge in [0.2, 0.25) is 5.91 Å². The Morgan fingerprint density at radius 3 is 2.76 bits per heavy atom. The first-order chi connectivity index (χ1) is 19.8. The van der Waals surface area contributed by atoms with E-state index < -0.39 is 5.60 Å². The smallest absolute Gasteiger partial charge is 0.336 e. The highest BCUT2D eigenvalue weighted by Crippen LogP contribution is 2.44. The zero-order chi connectivity index (χ0) is 29.2. The second kappa shape index (κ2) is 14.9. The number of aliphatic hydroxyl groups is 1. The molecule has 2 aliphatic rings. The first kappa shape index (κ1) is 31.1. The highest BCUT2D eigenvalue weighted by Gasteiger charge is 2.48. The summed E-state index contributed by atoms with van der Waals surface area (Å²) in [6.45, 7) is 5.32. The summed E-state index contributed by atoms with van der Waals surface area (Å²) < 4.78 is 11.0. The van der Waals surface area contributed by atoms with Crippen LogP contribution >= 0.6 is 0 Å². The molecule has 1 aromatic heterocycles. The van der Waals surface area contributed by atoms with Gasteiger partial charge in [-0.3, -0.25) is 9.59 Å². The van der Waals surface area contributed by atoms with E-state index in [2.05, 4.69) is 24.1 Å². The average Bonchev–Trinajstić information content (AvgIpc) is 2.96. The molecule has 1 aromatic carbocycles. The van der Waals surface area contributed by atoms with Crippen LogP contribution in [0.15, 0.2) is 33.5 Å². The van der Waals surface area contributed by atoms with E-state index in [9.17, 15) is 19.5 Å². The summed E-state index contributed by atoms with van der Waals surface area (Å²) in [6.07, 6.45) is 12.7. The minimum absolute atomic E-state index is 0.121. The first-order valence-electron chi connectivity index (χ1n) is 15.8. The van der Waals surface area contributed by atoms with Gasteiger partial charge in [-0.1, -0.05) is 52.4 Å². The number of amides is 2. The lowest BCUT2D eigenvalue weighted by Gasteiger charge is -2.52. The summed E-state index contributed by atoms with van der Waals surface area (Å²) in [4.78, 5) is 39.5. The van der Waals surface area contributed by atoms with Crippen LogP contribution in [0.3, 0.4) is 0 Å². The number of fused-ring (bicyclic) bond motifs is 2. The summed E-state index contributed by atoms with van der Waals surface area (Å²) in [5.74, 6) is 0.688. The number of rotatable bonds is 14. The van der Waals surface area contributed by atoms with Gasteiger partial charge in [0.05, 0.1) is 5.60 Å². The fraction of sp³-hybridized carbons (Fsp3) is 0.667. The van der Waals surface area contributed by atoms with E-state index >= 15 is 0 Å². The Balaban J connectivity index is 1.16. The van der Waals surface area contributed by atoms with Crippen LogP contribution in [-0.4, -0.2) is 53.2 Å². The Hall–Kier alpha value is -2.87. The Morgan fingerprint density at radius 1 is 1.10 bits per heavy atom. The van der Waals surface area contributed by atoms with Crippen LogP contribution in [0.1, 0.15) is 103 Å². The van der Waals surface area contributed by atoms with Crippen LogP contribution in [0, 0.1) is 5.92 Å². The molecule has 8 nitrogen and oxygen atoms in total. The van der Waals surface area contributed by atoms with Gasteiger partial charge in [0.25, 0.3) is 5.91 Å². The summed E-state index contributed by atoms with van der Waals surface area (Å²) in [6, 6.07) is 7.01. The molecule has 2 N–H and O–H groups in total. The molecule has 3 unspecified atom stereocenters. The van der Waals surface area contributed by atoms with Gasteiger partial charge in [-0.2, -0.15) is 0 Å². The minimum atomic E-state index is -0.586. The van der Waals surface area contributed by atoms with E-state index in [1.54, 1.807) is 12.1 Å². The van der Waals surface area contributed by atoms with Crippen molar-refractivity contribution in [3.05, 3.63) is 40.2 Å². The molecule has 4 rings (SSSR count). The molecule has 2 aromatic rings. The molecule has 0 spiro atoms. The van der Waals surface area contributed by atoms with Crippen LogP contribution in [0.5, 0.6) is 5.75 Å². The van der Waals surface area contributed by atoms with Crippen LogP contribution < -0.4 is 15.7 Å². The maximum absolute atomic E-state index is 13.2. The Bertz CT molecular complexity index is 1230. The van der Waals surface area contributed by atoms with Crippen molar-refractivity contribution < 1.29 is 23.8 Å². The van der Waals surface area contributed by atoms with Crippen molar-refractivity contribution in [1.29, 1.82) is 0 Å². The van der Waals surface area contributed by atoms with Gasteiger partial charge >= 0.3 is 5.63 Å². The lowest BCUT2D eigenvalue weighted by molar-refractivity contribution is -0.155. The van der Waals surface area contributed by atoms with Gasteiger partial charge in [0.1, 0.15) is 11.3 Å². The fourth-order valence-corrected chi connectivity index (χ4v) is 6.81. The van der Waals surface area contributed by atoms with Crippen LogP contribution in [0.2, 0.25) is 0 Å². The number of aryl methyl sites for hydroxylation is 1. The highest BCUT2D eigenvalue weighted by molar-refractivity contribution is 5.82. The molecule has 1 saturated carbocycles. The third kappa shape index (κ3) is 8.12. The van der Waals surface area contributed by atoms with E-state index in [4.69, 9.17) is 9.15 Å². The molecule has 2 fully saturated rings. The van der Waals surface area contributed by atoms with Crippen molar-refractivity contribution in [2.45, 2.75) is 115 Å². The number of ether oxygens (including phenoxy) is 1. The molecule has 2 amide bonds. The number of carbonyl (C=O) groups excluding carboxylic acids is 2. The molecule has 1 aliphatic carbocycles. The third-order valence-electron chi connectivity index (χ3n) is 8.97.